The van der Waals surface area contributed by atoms with Crippen molar-refractivity contribution in [3.8, 4) is 0 Å². The third-order valence-corrected chi connectivity index (χ3v) is 4.93. The fourth-order valence-electron chi connectivity index (χ4n) is 3.25. The van der Waals surface area contributed by atoms with E-state index in [4.69, 9.17) is 0 Å². The zero-order chi connectivity index (χ0) is 16.9. The minimum Gasteiger partial charge on any atom is -1.00 e. The number of Topliss-reactive ketones (excluding diaryl/α,β-unsaturated/α-hetero) is 1. The van der Waals surface area contributed by atoms with Crippen LogP contribution < -0.4 is 17.3 Å². The fraction of sp³-hybridized carbons (Fsp3) is 0.381. The molecule has 0 aromatic heterocycles. The summed E-state index contributed by atoms with van der Waals surface area (Å²) in [6.07, 6.45) is 1.36. The molecular weight excluding hydrogens is 318 g/mol. The van der Waals surface area contributed by atoms with E-state index in [1.165, 1.54) is 4.90 Å². The summed E-state index contributed by atoms with van der Waals surface area (Å²) in [5, 5.41) is 0. The van der Waals surface area contributed by atoms with Crippen LogP contribution in [0, 0.1) is 0 Å². The van der Waals surface area contributed by atoms with Crippen LogP contribution in [0.25, 0.3) is 0 Å². The SMILES string of the molecule is CCC(=O)C(C[C@@H](C)[NH+](C)C)(c1ccccc1)c1ccccc1.[Cl-]. The molecule has 1 atom stereocenters. The first-order valence-electron chi connectivity index (χ1n) is 8.46. The Bertz CT molecular complexity index is 585. The van der Waals surface area contributed by atoms with Crippen molar-refractivity contribution in [3.63, 3.8) is 0 Å². The van der Waals surface area contributed by atoms with Crippen LogP contribution in [0.1, 0.15) is 37.8 Å². The number of halogens is 1. The summed E-state index contributed by atoms with van der Waals surface area (Å²) in [5.41, 5.74) is 1.64. The molecule has 0 aliphatic carbocycles. The minimum absolute atomic E-state index is 0. The standard InChI is InChI=1S/C21H27NO.ClH/c1-5-20(23)21(16-17(2)22(3)4,18-12-8-6-9-13-18)19-14-10-7-11-15-19;/h6-15,17H,5,16H2,1-4H3;1H/t17-;/m1./s1. The predicted molar refractivity (Wildman–Crippen MR) is 95.9 cm³/mol. The molecule has 0 saturated carbocycles. The van der Waals surface area contributed by atoms with Gasteiger partial charge < -0.3 is 17.3 Å². The second kappa shape index (κ2) is 9.00. The Labute approximate surface area is 152 Å². The molecule has 0 heterocycles. The van der Waals surface area contributed by atoms with Gasteiger partial charge in [-0.1, -0.05) is 67.6 Å². The number of ketones is 1. The molecule has 0 unspecified atom stereocenters. The number of hydrogen-bond acceptors (Lipinski definition) is 1. The Morgan fingerprint density at radius 2 is 1.38 bits per heavy atom. The van der Waals surface area contributed by atoms with Crippen molar-refractivity contribution in [2.75, 3.05) is 14.1 Å². The normalized spacial score (nSPS) is 12.5. The van der Waals surface area contributed by atoms with Gasteiger partial charge in [0.05, 0.1) is 25.6 Å². The summed E-state index contributed by atoms with van der Waals surface area (Å²) in [6.45, 7) is 4.19. The van der Waals surface area contributed by atoms with Crippen LogP contribution in [0.15, 0.2) is 60.7 Å². The van der Waals surface area contributed by atoms with Crippen molar-refractivity contribution in [1.82, 2.24) is 0 Å². The van der Waals surface area contributed by atoms with Crippen LogP contribution >= 0.6 is 0 Å². The lowest BCUT2D eigenvalue weighted by Crippen LogP contribution is -3.09. The fourth-order valence-corrected chi connectivity index (χ4v) is 3.25. The first-order valence-corrected chi connectivity index (χ1v) is 8.46. The summed E-state index contributed by atoms with van der Waals surface area (Å²) in [5.74, 6) is 0.294. The molecule has 1 N–H and O–H groups in total. The van der Waals surface area contributed by atoms with Gasteiger partial charge in [0.25, 0.3) is 0 Å². The van der Waals surface area contributed by atoms with Gasteiger partial charge in [0.1, 0.15) is 5.78 Å². The van der Waals surface area contributed by atoms with Crippen molar-refractivity contribution in [2.45, 2.75) is 38.1 Å². The van der Waals surface area contributed by atoms with Crippen LogP contribution in [0.3, 0.4) is 0 Å². The molecule has 130 valence electrons. The van der Waals surface area contributed by atoms with Gasteiger partial charge in [-0.05, 0) is 18.1 Å². The Morgan fingerprint density at radius 1 is 0.958 bits per heavy atom. The van der Waals surface area contributed by atoms with Crippen LogP contribution in [0.5, 0.6) is 0 Å². The molecule has 0 radical (unpaired) electrons. The number of rotatable bonds is 7. The number of quaternary nitrogens is 1. The summed E-state index contributed by atoms with van der Waals surface area (Å²) in [7, 11) is 4.31. The highest BCUT2D eigenvalue weighted by atomic mass is 35.5. The quantitative estimate of drug-likeness (QED) is 0.742. The molecule has 0 bridgehead atoms. The van der Waals surface area contributed by atoms with Crippen LogP contribution in [0.2, 0.25) is 0 Å². The molecule has 0 spiro atoms. The van der Waals surface area contributed by atoms with Gasteiger partial charge in [-0.25, -0.2) is 0 Å². The molecule has 0 saturated heterocycles. The predicted octanol–water partition coefficient (Wildman–Crippen LogP) is -0.121. The average Bonchev–Trinajstić information content (AvgIpc) is 2.60. The highest BCUT2D eigenvalue weighted by molar-refractivity contribution is 5.93. The molecule has 0 fully saturated rings. The second-order valence-electron chi connectivity index (χ2n) is 6.60. The minimum atomic E-state index is -0.562. The van der Waals surface area contributed by atoms with E-state index in [1.807, 2.05) is 43.3 Å². The largest absolute Gasteiger partial charge is 1.00 e. The number of nitrogens with one attached hydrogen (secondary N) is 1. The molecule has 0 aliphatic heterocycles. The van der Waals surface area contributed by atoms with Crippen LogP contribution in [0.4, 0.5) is 0 Å². The van der Waals surface area contributed by atoms with Gasteiger partial charge >= 0.3 is 0 Å². The zero-order valence-electron chi connectivity index (χ0n) is 15.1. The van der Waals surface area contributed by atoms with Crippen molar-refractivity contribution in [1.29, 1.82) is 0 Å². The Kier molecular flexibility index (Phi) is 7.65. The van der Waals surface area contributed by atoms with Crippen molar-refractivity contribution in [3.05, 3.63) is 71.8 Å². The third-order valence-electron chi connectivity index (χ3n) is 4.93. The Morgan fingerprint density at radius 3 is 1.71 bits per heavy atom. The van der Waals surface area contributed by atoms with E-state index in [0.717, 1.165) is 17.5 Å². The van der Waals surface area contributed by atoms with Crippen molar-refractivity contribution < 1.29 is 22.1 Å². The van der Waals surface area contributed by atoms with Gasteiger partial charge in [-0.3, -0.25) is 4.79 Å². The highest BCUT2D eigenvalue weighted by Crippen LogP contribution is 2.38. The van der Waals surface area contributed by atoms with Gasteiger partial charge in [-0.15, -0.1) is 0 Å². The Hall–Kier alpha value is -1.64. The Balaban J connectivity index is 0.00000288. The van der Waals surface area contributed by atoms with E-state index in [0.29, 0.717) is 18.2 Å². The first kappa shape index (κ1) is 20.4. The number of benzene rings is 2. The number of hydrogen-bond donors (Lipinski definition) is 1. The van der Waals surface area contributed by atoms with Crippen LogP contribution in [-0.2, 0) is 10.2 Å². The lowest BCUT2D eigenvalue weighted by molar-refractivity contribution is -0.884. The maximum atomic E-state index is 13.2. The van der Waals surface area contributed by atoms with Gasteiger partial charge in [-0.2, -0.15) is 0 Å². The van der Waals surface area contributed by atoms with E-state index in [9.17, 15) is 4.79 Å². The van der Waals surface area contributed by atoms with E-state index < -0.39 is 5.41 Å². The number of carbonyl (C=O) groups is 1. The highest BCUT2D eigenvalue weighted by Gasteiger charge is 2.42. The van der Waals surface area contributed by atoms with E-state index in [1.54, 1.807) is 0 Å². The topological polar surface area (TPSA) is 21.5 Å². The summed E-state index contributed by atoms with van der Waals surface area (Å²) >= 11 is 0. The monoisotopic (exact) mass is 345 g/mol. The molecule has 2 aromatic carbocycles. The van der Waals surface area contributed by atoms with Crippen molar-refractivity contribution in [2.24, 2.45) is 0 Å². The van der Waals surface area contributed by atoms with E-state index >= 15 is 0 Å². The average molecular weight is 346 g/mol. The second-order valence-corrected chi connectivity index (χ2v) is 6.60. The molecule has 2 nitrogen and oxygen atoms in total. The van der Waals surface area contributed by atoms with Crippen LogP contribution in [-0.4, -0.2) is 25.9 Å². The first-order chi connectivity index (χ1) is 11.0. The van der Waals surface area contributed by atoms with E-state index in [2.05, 4.69) is 45.3 Å². The summed E-state index contributed by atoms with van der Waals surface area (Å²) in [4.78, 5) is 14.5. The van der Waals surface area contributed by atoms with Crippen molar-refractivity contribution >= 4 is 5.78 Å². The molecule has 2 rings (SSSR count). The lowest BCUT2D eigenvalue weighted by atomic mass is 9.67. The summed E-state index contributed by atoms with van der Waals surface area (Å²) < 4.78 is 0. The maximum absolute atomic E-state index is 13.2. The van der Waals surface area contributed by atoms with Gasteiger partial charge in [0.15, 0.2) is 0 Å². The summed E-state index contributed by atoms with van der Waals surface area (Å²) in [6, 6.07) is 20.9. The maximum Gasteiger partial charge on any atom is 0.147 e. The molecular formula is C21H28ClNO. The smallest absolute Gasteiger partial charge is 0.147 e. The number of carbonyl (C=O) groups excluding carboxylic acids is 1. The van der Waals surface area contributed by atoms with Gasteiger partial charge in [0, 0.05) is 12.8 Å². The molecule has 3 heteroatoms. The molecule has 0 aliphatic rings. The van der Waals surface area contributed by atoms with Gasteiger partial charge in [0.2, 0.25) is 0 Å². The van der Waals surface area contributed by atoms with E-state index in [-0.39, 0.29) is 12.4 Å². The molecule has 24 heavy (non-hydrogen) atoms. The molecule has 2 aromatic rings. The zero-order valence-corrected chi connectivity index (χ0v) is 15.8. The lowest BCUT2D eigenvalue weighted by Gasteiger charge is -2.36. The molecule has 0 amide bonds. The third kappa shape index (κ3) is 4.06.